The van der Waals surface area contributed by atoms with Crippen LogP contribution in [0.1, 0.15) is 20.3 Å². The SMILES string of the molecule is CC(C)CC(=O)NNC(=S)Nc1ccccc1. The molecular formula is C12H17N3OS. The summed E-state index contributed by atoms with van der Waals surface area (Å²) in [5.74, 6) is 0.254. The van der Waals surface area contributed by atoms with Crippen molar-refractivity contribution in [1.29, 1.82) is 0 Å². The largest absolute Gasteiger partial charge is 0.331 e. The van der Waals surface area contributed by atoms with Gasteiger partial charge in [0, 0.05) is 12.1 Å². The van der Waals surface area contributed by atoms with Crippen molar-refractivity contribution in [2.24, 2.45) is 5.92 Å². The minimum Gasteiger partial charge on any atom is -0.331 e. The van der Waals surface area contributed by atoms with E-state index in [-0.39, 0.29) is 5.91 Å². The molecule has 0 aromatic heterocycles. The van der Waals surface area contributed by atoms with Crippen molar-refractivity contribution in [3.8, 4) is 0 Å². The van der Waals surface area contributed by atoms with Crippen LogP contribution in [-0.2, 0) is 4.79 Å². The Morgan fingerprint density at radius 3 is 2.47 bits per heavy atom. The monoisotopic (exact) mass is 251 g/mol. The summed E-state index contributed by atoms with van der Waals surface area (Å²) in [6, 6.07) is 9.52. The van der Waals surface area contributed by atoms with Crippen LogP contribution in [0.2, 0.25) is 0 Å². The highest BCUT2D eigenvalue weighted by Gasteiger charge is 2.04. The molecule has 0 aliphatic rings. The molecule has 0 fully saturated rings. The Kier molecular flexibility index (Phi) is 5.42. The molecule has 0 spiro atoms. The molecule has 0 heterocycles. The molecule has 0 atom stereocenters. The zero-order chi connectivity index (χ0) is 12.7. The van der Waals surface area contributed by atoms with Crippen molar-refractivity contribution < 1.29 is 4.79 Å². The van der Waals surface area contributed by atoms with Gasteiger partial charge in [-0.2, -0.15) is 0 Å². The Balaban J connectivity index is 2.29. The summed E-state index contributed by atoms with van der Waals surface area (Å²) in [6.07, 6.45) is 0.473. The smallest absolute Gasteiger partial charge is 0.238 e. The highest BCUT2D eigenvalue weighted by molar-refractivity contribution is 7.80. The Bertz CT molecular complexity index is 379. The number of carbonyl (C=O) groups is 1. The molecular weight excluding hydrogens is 234 g/mol. The molecule has 3 N–H and O–H groups in total. The van der Waals surface area contributed by atoms with E-state index in [9.17, 15) is 4.79 Å². The summed E-state index contributed by atoms with van der Waals surface area (Å²) in [4.78, 5) is 11.3. The molecule has 1 aromatic carbocycles. The summed E-state index contributed by atoms with van der Waals surface area (Å²) in [7, 11) is 0. The van der Waals surface area contributed by atoms with Crippen LogP contribution in [0.4, 0.5) is 5.69 Å². The zero-order valence-corrected chi connectivity index (χ0v) is 10.8. The lowest BCUT2D eigenvalue weighted by atomic mass is 10.1. The maximum absolute atomic E-state index is 11.3. The van der Waals surface area contributed by atoms with Crippen LogP contribution in [0.5, 0.6) is 0 Å². The number of anilines is 1. The van der Waals surface area contributed by atoms with E-state index in [4.69, 9.17) is 12.2 Å². The number of hydrazine groups is 1. The van der Waals surface area contributed by atoms with Crippen LogP contribution in [0.15, 0.2) is 30.3 Å². The molecule has 0 radical (unpaired) electrons. The first-order chi connectivity index (χ1) is 8.08. The Hall–Kier alpha value is -1.62. The molecule has 0 bridgehead atoms. The highest BCUT2D eigenvalue weighted by Crippen LogP contribution is 2.04. The van der Waals surface area contributed by atoms with E-state index in [1.807, 2.05) is 44.2 Å². The predicted molar refractivity (Wildman–Crippen MR) is 73.4 cm³/mol. The van der Waals surface area contributed by atoms with Gasteiger partial charge in [0.15, 0.2) is 5.11 Å². The number of benzene rings is 1. The standard InChI is InChI=1S/C12H17N3OS/c1-9(2)8-11(16)14-15-12(17)13-10-6-4-3-5-7-10/h3-7,9H,8H2,1-2H3,(H,14,16)(H2,13,15,17). The van der Waals surface area contributed by atoms with E-state index >= 15 is 0 Å². The maximum atomic E-state index is 11.3. The first-order valence-electron chi connectivity index (χ1n) is 5.49. The number of hydrogen-bond donors (Lipinski definition) is 3. The Morgan fingerprint density at radius 1 is 1.24 bits per heavy atom. The van der Waals surface area contributed by atoms with Crippen molar-refractivity contribution in [3.63, 3.8) is 0 Å². The second kappa shape index (κ2) is 6.85. The lowest BCUT2D eigenvalue weighted by molar-refractivity contribution is -0.122. The number of hydrogen-bond acceptors (Lipinski definition) is 2. The minimum atomic E-state index is -0.0720. The number of rotatable bonds is 3. The van der Waals surface area contributed by atoms with Gasteiger partial charge in [-0.05, 0) is 30.3 Å². The van der Waals surface area contributed by atoms with Crippen LogP contribution in [-0.4, -0.2) is 11.0 Å². The summed E-state index contributed by atoms with van der Waals surface area (Å²) in [5, 5.41) is 3.32. The lowest BCUT2D eigenvalue weighted by Crippen LogP contribution is -2.44. The van der Waals surface area contributed by atoms with Crippen molar-refractivity contribution in [3.05, 3.63) is 30.3 Å². The lowest BCUT2D eigenvalue weighted by Gasteiger charge is -2.12. The van der Waals surface area contributed by atoms with Gasteiger partial charge in [0.2, 0.25) is 5.91 Å². The van der Waals surface area contributed by atoms with Gasteiger partial charge in [-0.15, -0.1) is 0 Å². The molecule has 17 heavy (non-hydrogen) atoms. The second-order valence-corrected chi connectivity index (χ2v) is 4.50. The minimum absolute atomic E-state index is 0.0720. The number of amides is 1. The fourth-order valence-corrected chi connectivity index (χ4v) is 1.40. The molecule has 1 amide bonds. The van der Waals surface area contributed by atoms with Gasteiger partial charge in [0.25, 0.3) is 0 Å². The van der Waals surface area contributed by atoms with E-state index in [1.165, 1.54) is 0 Å². The van der Waals surface area contributed by atoms with Gasteiger partial charge in [-0.1, -0.05) is 32.0 Å². The van der Waals surface area contributed by atoms with E-state index in [0.717, 1.165) is 5.69 Å². The van der Waals surface area contributed by atoms with Crippen molar-refractivity contribution >= 4 is 28.9 Å². The molecule has 5 heteroatoms. The van der Waals surface area contributed by atoms with Crippen molar-refractivity contribution in [2.75, 3.05) is 5.32 Å². The Labute approximate surface area is 107 Å². The number of nitrogens with one attached hydrogen (secondary N) is 3. The first kappa shape index (κ1) is 13.4. The average molecular weight is 251 g/mol. The van der Waals surface area contributed by atoms with Crippen molar-refractivity contribution in [2.45, 2.75) is 20.3 Å². The topological polar surface area (TPSA) is 53.2 Å². The molecule has 4 nitrogen and oxygen atoms in total. The third-order valence-corrected chi connectivity index (χ3v) is 2.14. The van der Waals surface area contributed by atoms with Gasteiger partial charge < -0.3 is 5.32 Å². The van der Waals surface area contributed by atoms with Crippen LogP contribution in [0.3, 0.4) is 0 Å². The second-order valence-electron chi connectivity index (χ2n) is 4.09. The summed E-state index contributed by atoms with van der Waals surface area (Å²) in [5.41, 5.74) is 6.08. The molecule has 0 unspecified atom stereocenters. The summed E-state index contributed by atoms with van der Waals surface area (Å²) in [6.45, 7) is 3.97. The van der Waals surface area contributed by atoms with Gasteiger partial charge in [0.05, 0.1) is 0 Å². The fourth-order valence-electron chi connectivity index (χ4n) is 1.23. The maximum Gasteiger partial charge on any atom is 0.238 e. The molecule has 1 rings (SSSR count). The molecule has 0 aliphatic carbocycles. The number of carbonyl (C=O) groups excluding carboxylic acids is 1. The van der Waals surface area contributed by atoms with Crippen LogP contribution < -0.4 is 16.2 Å². The third-order valence-electron chi connectivity index (χ3n) is 1.94. The average Bonchev–Trinajstić information content (AvgIpc) is 2.27. The van der Waals surface area contributed by atoms with Crippen LogP contribution in [0, 0.1) is 5.92 Å². The van der Waals surface area contributed by atoms with E-state index in [0.29, 0.717) is 17.5 Å². The molecule has 0 aliphatic heterocycles. The third kappa shape index (κ3) is 5.87. The Morgan fingerprint density at radius 2 is 1.88 bits per heavy atom. The van der Waals surface area contributed by atoms with Gasteiger partial charge in [-0.25, -0.2) is 0 Å². The van der Waals surface area contributed by atoms with Gasteiger partial charge in [0.1, 0.15) is 0 Å². The molecule has 92 valence electrons. The molecule has 0 saturated heterocycles. The molecule has 1 aromatic rings. The fraction of sp³-hybridized carbons (Fsp3) is 0.333. The van der Waals surface area contributed by atoms with E-state index in [1.54, 1.807) is 0 Å². The van der Waals surface area contributed by atoms with E-state index in [2.05, 4.69) is 16.2 Å². The predicted octanol–water partition coefficient (Wildman–Crippen LogP) is 2.05. The molecule has 0 saturated carbocycles. The number of thiocarbonyl (C=S) groups is 1. The number of para-hydroxylation sites is 1. The normalized spacial score (nSPS) is 9.82. The highest BCUT2D eigenvalue weighted by atomic mass is 32.1. The van der Waals surface area contributed by atoms with Gasteiger partial charge >= 0.3 is 0 Å². The van der Waals surface area contributed by atoms with Crippen LogP contribution in [0.25, 0.3) is 0 Å². The van der Waals surface area contributed by atoms with E-state index < -0.39 is 0 Å². The zero-order valence-electron chi connectivity index (χ0n) is 9.99. The van der Waals surface area contributed by atoms with Gasteiger partial charge in [-0.3, -0.25) is 15.6 Å². The summed E-state index contributed by atoms with van der Waals surface area (Å²) >= 11 is 5.03. The quantitative estimate of drug-likeness (QED) is 0.568. The summed E-state index contributed by atoms with van der Waals surface area (Å²) < 4.78 is 0. The van der Waals surface area contributed by atoms with Crippen LogP contribution >= 0.6 is 12.2 Å². The first-order valence-corrected chi connectivity index (χ1v) is 5.89. The van der Waals surface area contributed by atoms with Crippen molar-refractivity contribution in [1.82, 2.24) is 10.9 Å².